The molecule has 158 valence electrons. The molecule has 1 fully saturated rings. The summed E-state index contributed by atoms with van der Waals surface area (Å²) < 4.78 is 27.1. The van der Waals surface area contributed by atoms with E-state index in [1.165, 1.54) is 27.7 Å². The smallest absolute Gasteiger partial charge is 0.303 e. The average Bonchev–Trinajstić information content (AvgIpc) is 2.57. The first-order valence-corrected chi connectivity index (χ1v) is 8.78. The molecule has 1 rings (SSSR count). The summed E-state index contributed by atoms with van der Waals surface area (Å²) >= 11 is 0. The van der Waals surface area contributed by atoms with Crippen molar-refractivity contribution in [1.29, 1.82) is 0 Å². The first-order chi connectivity index (χ1) is 13.1. The molecule has 1 heterocycles. The van der Waals surface area contributed by atoms with Gasteiger partial charge in [0.15, 0.2) is 18.5 Å². The van der Waals surface area contributed by atoms with E-state index >= 15 is 0 Å². The molecule has 0 aromatic carbocycles. The lowest BCUT2D eigenvalue weighted by Gasteiger charge is -2.44. The fraction of sp³-hybridized carbons (Fsp3) is 0.667. The molecule has 1 amide bonds. The van der Waals surface area contributed by atoms with E-state index in [2.05, 4.69) is 5.32 Å². The number of rotatable bonds is 8. The molecule has 28 heavy (non-hydrogen) atoms. The second-order valence-electron chi connectivity index (χ2n) is 6.12. The minimum Gasteiger partial charge on any atom is -0.463 e. The van der Waals surface area contributed by atoms with Crippen molar-refractivity contribution in [2.75, 3.05) is 13.2 Å². The largest absolute Gasteiger partial charge is 0.463 e. The van der Waals surface area contributed by atoms with Gasteiger partial charge in [0.05, 0.1) is 6.61 Å². The van der Waals surface area contributed by atoms with Gasteiger partial charge in [-0.1, -0.05) is 12.2 Å². The molecule has 0 saturated carbocycles. The van der Waals surface area contributed by atoms with E-state index in [0.29, 0.717) is 0 Å². The van der Waals surface area contributed by atoms with Gasteiger partial charge in [-0.15, -0.1) is 0 Å². The quantitative estimate of drug-likeness (QED) is 0.345. The van der Waals surface area contributed by atoms with Gasteiger partial charge in [-0.2, -0.15) is 0 Å². The highest BCUT2D eigenvalue weighted by atomic mass is 16.7. The molecule has 1 aliphatic rings. The van der Waals surface area contributed by atoms with Crippen molar-refractivity contribution in [2.45, 2.75) is 65.3 Å². The van der Waals surface area contributed by atoms with Crippen LogP contribution in [0.25, 0.3) is 0 Å². The van der Waals surface area contributed by atoms with Crippen LogP contribution in [0.4, 0.5) is 0 Å². The second kappa shape index (κ2) is 11.4. The Bertz CT molecular complexity index is 604. The van der Waals surface area contributed by atoms with E-state index in [-0.39, 0.29) is 13.2 Å². The highest BCUT2D eigenvalue weighted by Gasteiger charge is 2.51. The number of hydrogen-bond acceptors (Lipinski definition) is 9. The molecule has 10 nitrogen and oxygen atoms in total. The van der Waals surface area contributed by atoms with E-state index in [1.807, 2.05) is 0 Å². The van der Waals surface area contributed by atoms with Crippen LogP contribution in [0.3, 0.4) is 0 Å². The van der Waals surface area contributed by atoms with Crippen LogP contribution in [-0.2, 0) is 42.9 Å². The van der Waals surface area contributed by atoms with Crippen molar-refractivity contribution in [3.63, 3.8) is 0 Å². The Hall–Kier alpha value is -2.46. The zero-order chi connectivity index (χ0) is 21.3. The first kappa shape index (κ1) is 23.6. The Balaban J connectivity index is 3.24. The van der Waals surface area contributed by atoms with Gasteiger partial charge in [-0.05, 0) is 6.92 Å². The van der Waals surface area contributed by atoms with Gasteiger partial charge in [0.1, 0.15) is 18.8 Å². The van der Waals surface area contributed by atoms with E-state index in [9.17, 15) is 19.2 Å². The zero-order valence-corrected chi connectivity index (χ0v) is 16.6. The van der Waals surface area contributed by atoms with Gasteiger partial charge in [0, 0.05) is 27.7 Å². The number of carbonyl (C=O) groups is 4. The van der Waals surface area contributed by atoms with E-state index in [0.717, 1.165) is 0 Å². The zero-order valence-electron chi connectivity index (χ0n) is 16.6. The monoisotopic (exact) mass is 401 g/mol. The van der Waals surface area contributed by atoms with Crippen LogP contribution in [0.15, 0.2) is 12.2 Å². The lowest BCUT2D eigenvalue weighted by Crippen LogP contribution is -2.66. The van der Waals surface area contributed by atoms with E-state index < -0.39 is 54.5 Å². The second-order valence-corrected chi connectivity index (χ2v) is 6.12. The number of amides is 1. The maximum Gasteiger partial charge on any atom is 0.303 e. The summed E-state index contributed by atoms with van der Waals surface area (Å²) in [5, 5.41) is 2.61. The topological polar surface area (TPSA) is 126 Å². The molecule has 0 spiro atoms. The summed E-state index contributed by atoms with van der Waals surface area (Å²) in [7, 11) is 0. The molecule has 10 heteroatoms. The predicted octanol–water partition coefficient (Wildman–Crippen LogP) is 0.235. The molecule has 1 N–H and O–H groups in total. The standard InChI is InChI=1S/C18H27NO9/c1-6-7-8-24-18-15(19-10(2)20)17(27-13(5)23)16(26-12(4)22)14(28-18)9-25-11(3)21/h6-7,14-18H,8-9H2,1-5H3,(H,19,20). The first-order valence-electron chi connectivity index (χ1n) is 8.78. The number of ether oxygens (including phenoxy) is 5. The van der Waals surface area contributed by atoms with Crippen molar-refractivity contribution < 1.29 is 42.9 Å². The van der Waals surface area contributed by atoms with Gasteiger partial charge < -0.3 is 29.0 Å². The fourth-order valence-electron chi connectivity index (χ4n) is 2.68. The van der Waals surface area contributed by atoms with Crippen LogP contribution in [0, 0.1) is 0 Å². The van der Waals surface area contributed by atoms with Crippen LogP contribution in [0.2, 0.25) is 0 Å². The highest BCUT2D eigenvalue weighted by molar-refractivity contribution is 5.73. The number of nitrogens with one attached hydrogen (secondary N) is 1. The van der Waals surface area contributed by atoms with Gasteiger partial charge in [-0.25, -0.2) is 0 Å². The molecular weight excluding hydrogens is 374 g/mol. The number of allylic oxidation sites excluding steroid dienone is 1. The Morgan fingerprint density at radius 1 is 0.964 bits per heavy atom. The SMILES string of the molecule is CC=CCOC1OC(COC(C)=O)C(OC(C)=O)C(OC(C)=O)C1NC(C)=O. The van der Waals surface area contributed by atoms with Crippen LogP contribution in [0.5, 0.6) is 0 Å². The van der Waals surface area contributed by atoms with Crippen molar-refractivity contribution in [2.24, 2.45) is 0 Å². The highest BCUT2D eigenvalue weighted by Crippen LogP contribution is 2.28. The molecule has 0 bridgehead atoms. The lowest BCUT2D eigenvalue weighted by atomic mass is 9.96. The molecular formula is C18H27NO9. The number of carbonyl (C=O) groups excluding carboxylic acids is 4. The van der Waals surface area contributed by atoms with Crippen LogP contribution in [0.1, 0.15) is 34.6 Å². The summed E-state index contributed by atoms with van der Waals surface area (Å²) in [4.78, 5) is 46.2. The van der Waals surface area contributed by atoms with Crippen LogP contribution >= 0.6 is 0 Å². The lowest BCUT2D eigenvalue weighted by molar-refractivity contribution is -0.275. The molecule has 5 atom stereocenters. The van der Waals surface area contributed by atoms with Crippen molar-refractivity contribution in [1.82, 2.24) is 5.32 Å². The van der Waals surface area contributed by atoms with Crippen molar-refractivity contribution in [3.05, 3.63) is 12.2 Å². The molecule has 0 aromatic rings. The number of esters is 3. The van der Waals surface area contributed by atoms with Crippen molar-refractivity contribution in [3.8, 4) is 0 Å². The molecule has 0 radical (unpaired) electrons. The maximum absolute atomic E-state index is 11.7. The maximum atomic E-state index is 11.7. The molecule has 5 unspecified atom stereocenters. The van der Waals surface area contributed by atoms with E-state index in [1.54, 1.807) is 19.1 Å². The third-order valence-corrected chi connectivity index (χ3v) is 3.66. The Kier molecular flexibility index (Phi) is 9.60. The van der Waals surface area contributed by atoms with Crippen LogP contribution < -0.4 is 5.32 Å². The minimum atomic E-state index is -1.13. The third-order valence-electron chi connectivity index (χ3n) is 3.66. The average molecular weight is 401 g/mol. The van der Waals surface area contributed by atoms with Gasteiger partial charge >= 0.3 is 17.9 Å². The summed E-state index contributed by atoms with van der Waals surface area (Å²) in [6.45, 7) is 6.55. The summed E-state index contributed by atoms with van der Waals surface area (Å²) in [5.74, 6) is -2.30. The third kappa shape index (κ3) is 7.65. The van der Waals surface area contributed by atoms with Crippen molar-refractivity contribution >= 4 is 23.8 Å². The van der Waals surface area contributed by atoms with Crippen LogP contribution in [-0.4, -0.2) is 67.7 Å². The Morgan fingerprint density at radius 2 is 1.57 bits per heavy atom. The molecule has 1 aliphatic heterocycles. The Labute approximate surface area is 163 Å². The van der Waals surface area contributed by atoms with E-state index in [4.69, 9.17) is 23.7 Å². The fourth-order valence-corrected chi connectivity index (χ4v) is 2.68. The number of hydrogen-bond donors (Lipinski definition) is 1. The summed E-state index contributed by atoms with van der Waals surface area (Å²) in [6, 6.07) is -0.954. The summed E-state index contributed by atoms with van der Waals surface area (Å²) in [5.41, 5.74) is 0. The molecule has 1 saturated heterocycles. The predicted molar refractivity (Wildman–Crippen MR) is 94.8 cm³/mol. The normalized spacial score (nSPS) is 27.1. The minimum absolute atomic E-state index is 0.155. The molecule has 0 aliphatic carbocycles. The van der Waals surface area contributed by atoms with Gasteiger partial charge in [0.2, 0.25) is 5.91 Å². The molecule has 0 aromatic heterocycles. The van der Waals surface area contributed by atoms with Gasteiger partial charge in [0.25, 0.3) is 0 Å². The Morgan fingerprint density at radius 3 is 2.07 bits per heavy atom. The summed E-state index contributed by atoms with van der Waals surface area (Å²) in [6.07, 6.45) is -0.782. The van der Waals surface area contributed by atoms with Gasteiger partial charge in [-0.3, -0.25) is 19.2 Å².